The van der Waals surface area contributed by atoms with Crippen molar-refractivity contribution in [3.8, 4) is 11.5 Å². The average Bonchev–Trinajstić information content (AvgIpc) is 3.51. The van der Waals surface area contributed by atoms with Crippen LogP contribution in [0.1, 0.15) is 31.4 Å². The van der Waals surface area contributed by atoms with E-state index in [0.717, 1.165) is 12.8 Å². The van der Waals surface area contributed by atoms with Crippen molar-refractivity contribution in [3.63, 3.8) is 0 Å². The summed E-state index contributed by atoms with van der Waals surface area (Å²) in [5, 5.41) is 2.89. The van der Waals surface area contributed by atoms with Crippen molar-refractivity contribution in [2.24, 2.45) is 0 Å². The highest BCUT2D eigenvalue weighted by Gasteiger charge is 2.32. The summed E-state index contributed by atoms with van der Waals surface area (Å²) >= 11 is 0. The van der Waals surface area contributed by atoms with Crippen LogP contribution >= 0.6 is 0 Å². The Labute approximate surface area is 158 Å². The van der Waals surface area contributed by atoms with E-state index >= 15 is 0 Å². The lowest BCUT2D eigenvalue weighted by Crippen LogP contribution is -2.36. The maximum atomic E-state index is 12.5. The number of amides is 1. The van der Waals surface area contributed by atoms with Crippen LogP contribution in [-0.2, 0) is 14.3 Å². The first-order valence-corrected chi connectivity index (χ1v) is 8.93. The quantitative estimate of drug-likeness (QED) is 0.724. The van der Waals surface area contributed by atoms with Crippen molar-refractivity contribution in [1.29, 1.82) is 0 Å². The van der Waals surface area contributed by atoms with Gasteiger partial charge >= 0.3 is 5.97 Å². The molecule has 0 saturated heterocycles. The molecule has 0 aliphatic heterocycles. The van der Waals surface area contributed by atoms with Crippen LogP contribution in [0.4, 0.5) is 0 Å². The monoisotopic (exact) mass is 369 g/mol. The SMILES string of the molecule is COc1ccc(O[C@H](C)C(=O)O[C@H](C(=O)NC2CC2)c2ccccc2)cc1. The number of benzene rings is 2. The molecule has 142 valence electrons. The van der Waals surface area contributed by atoms with E-state index in [-0.39, 0.29) is 11.9 Å². The summed E-state index contributed by atoms with van der Waals surface area (Å²) in [4.78, 5) is 25.0. The molecule has 1 saturated carbocycles. The number of nitrogens with one attached hydrogen (secondary N) is 1. The second kappa shape index (κ2) is 8.58. The second-order valence-electron chi connectivity index (χ2n) is 6.45. The Morgan fingerprint density at radius 1 is 1.00 bits per heavy atom. The van der Waals surface area contributed by atoms with Gasteiger partial charge in [0.15, 0.2) is 6.10 Å². The van der Waals surface area contributed by atoms with Gasteiger partial charge in [0, 0.05) is 11.6 Å². The van der Waals surface area contributed by atoms with Crippen LogP contribution in [0.3, 0.4) is 0 Å². The van der Waals surface area contributed by atoms with E-state index in [2.05, 4.69) is 5.32 Å². The predicted octanol–water partition coefficient (Wildman–Crippen LogP) is 3.03. The highest BCUT2D eigenvalue weighted by atomic mass is 16.6. The molecule has 0 heterocycles. The molecular weight excluding hydrogens is 346 g/mol. The molecule has 1 aliphatic carbocycles. The summed E-state index contributed by atoms with van der Waals surface area (Å²) in [5.74, 6) is 0.289. The third-order valence-electron chi connectivity index (χ3n) is 4.20. The molecule has 1 fully saturated rings. The van der Waals surface area contributed by atoms with Crippen molar-refractivity contribution in [3.05, 3.63) is 60.2 Å². The van der Waals surface area contributed by atoms with E-state index < -0.39 is 18.2 Å². The van der Waals surface area contributed by atoms with Gasteiger partial charge in [-0.1, -0.05) is 30.3 Å². The van der Waals surface area contributed by atoms with Gasteiger partial charge in [0.05, 0.1) is 7.11 Å². The van der Waals surface area contributed by atoms with Crippen molar-refractivity contribution in [2.75, 3.05) is 7.11 Å². The molecule has 0 unspecified atom stereocenters. The topological polar surface area (TPSA) is 73.9 Å². The van der Waals surface area contributed by atoms with Gasteiger partial charge in [0.25, 0.3) is 5.91 Å². The van der Waals surface area contributed by atoms with Crippen molar-refractivity contribution in [2.45, 2.75) is 38.0 Å². The zero-order chi connectivity index (χ0) is 19.2. The van der Waals surface area contributed by atoms with E-state index in [1.165, 1.54) is 0 Å². The largest absolute Gasteiger partial charge is 0.497 e. The molecule has 0 bridgehead atoms. The Bertz CT molecular complexity index is 771. The third-order valence-corrected chi connectivity index (χ3v) is 4.20. The summed E-state index contributed by atoms with van der Waals surface area (Å²) in [7, 11) is 1.58. The van der Waals surface area contributed by atoms with Crippen LogP contribution in [0.15, 0.2) is 54.6 Å². The minimum Gasteiger partial charge on any atom is -0.497 e. The lowest BCUT2D eigenvalue weighted by molar-refractivity contribution is -0.162. The summed E-state index contributed by atoms with van der Waals surface area (Å²) in [5.41, 5.74) is 0.626. The van der Waals surface area contributed by atoms with Gasteiger partial charge in [-0.05, 0) is 44.0 Å². The molecule has 0 radical (unpaired) electrons. The first-order valence-electron chi connectivity index (χ1n) is 8.93. The third kappa shape index (κ3) is 5.23. The molecule has 27 heavy (non-hydrogen) atoms. The fraction of sp³-hybridized carbons (Fsp3) is 0.333. The molecule has 6 heteroatoms. The van der Waals surface area contributed by atoms with E-state index in [1.54, 1.807) is 62.6 Å². The number of esters is 1. The molecule has 0 aromatic heterocycles. The van der Waals surface area contributed by atoms with Gasteiger partial charge < -0.3 is 19.5 Å². The molecule has 2 aromatic rings. The number of hydrogen-bond acceptors (Lipinski definition) is 5. The fourth-order valence-electron chi connectivity index (χ4n) is 2.52. The minimum atomic E-state index is -0.999. The predicted molar refractivity (Wildman–Crippen MR) is 99.5 cm³/mol. The first kappa shape index (κ1) is 18.8. The smallest absolute Gasteiger partial charge is 0.348 e. The van der Waals surface area contributed by atoms with Crippen LogP contribution in [0, 0.1) is 0 Å². The lowest BCUT2D eigenvalue weighted by Gasteiger charge is -2.21. The van der Waals surface area contributed by atoms with E-state index in [4.69, 9.17) is 14.2 Å². The minimum absolute atomic E-state index is 0.176. The average molecular weight is 369 g/mol. The zero-order valence-corrected chi connectivity index (χ0v) is 15.4. The van der Waals surface area contributed by atoms with E-state index in [9.17, 15) is 9.59 Å². The van der Waals surface area contributed by atoms with E-state index in [1.807, 2.05) is 6.07 Å². The van der Waals surface area contributed by atoms with Gasteiger partial charge in [-0.25, -0.2) is 4.79 Å². The summed E-state index contributed by atoms with van der Waals surface area (Å²) in [6.45, 7) is 1.59. The molecular formula is C21H23NO5. The first-order chi connectivity index (χ1) is 13.1. The normalized spacial score (nSPS) is 15.3. The van der Waals surface area contributed by atoms with Crippen LogP contribution in [-0.4, -0.2) is 31.1 Å². The van der Waals surface area contributed by atoms with Crippen molar-refractivity contribution in [1.82, 2.24) is 5.32 Å². The summed E-state index contributed by atoms with van der Waals surface area (Å²) < 4.78 is 16.2. The molecule has 3 rings (SSSR count). The van der Waals surface area contributed by atoms with Gasteiger partial charge in [-0.2, -0.15) is 0 Å². The number of carbonyl (C=O) groups excluding carboxylic acids is 2. The maximum Gasteiger partial charge on any atom is 0.348 e. The molecule has 2 aromatic carbocycles. The van der Waals surface area contributed by atoms with Gasteiger partial charge in [0.2, 0.25) is 6.10 Å². The Balaban J connectivity index is 1.66. The summed E-state index contributed by atoms with van der Waals surface area (Å²) in [6, 6.07) is 16.0. The molecule has 0 spiro atoms. The van der Waals surface area contributed by atoms with E-state index in [0.29, 0.717) is 17.1 Å². The second-order valence-corrected chi connectivity index (χ2v) is 6.45. The molecule has 2 atom stereocenters. The Morgan fingerprint density at radius 2 is 1.63 bits per heavy atom. The Kier molecular flexibility index (Phi) is 5.96. The van der Waals surface area contributed by atoms with Crippen LogP contribution in [0.2, 0.25) is 0 Å². The van der Waals surface area contributed by atoms with Crippen LogP contribution in [0.5, 0.6) is 11.5 Å². The maximum absolute atomic E-state index is 12.5. The number of methoxy groups -OCH3 is 1. The number of carbonyl (C=O) groups is 2. The Morgan fingerprint density at radius 3 is 2.22 bits per heavy atom. The summed E-state index contributed by atoms with van der Waals surface area (Å²) in [6.07, 6.45) is 0.0515. The number of hydrogen-bond donors (Lipinski definition) is 1. The highest BCUT2D eigenvalue weighted by Crippen LogP contribution is 2.24. The molecule has 1 amide bonds. The standard InChI is InChI=1S/C21H23NO5/c1-14(26-18-12-10-17(25-2)11-13-18)21(24)27-19(15-6-4-3-5-7-15)20(23)22-16-8-9-16/h3-7,10-14,16,19H,8-9H2,1-2H3,(H,22,23)/t14-,19+/m1/s1. The van der Waals surface area contributed by atoms with Gasteiger partial charge in [-0.15, -0.1) is 0 Å². The van der Waals surface area contributed by atoms with Crippen LogP contribution < -0.4 is 14.8 Å². The fourth-order valence-corrected chi connectivity index (χ4v) is 2.52. The molecule has 6 nitrogen and oxygen atoms in total. The van der Waals surface area contributed by atoms with Crippen molar-refractivity contribution < 1.29 is 23.8 Å². The van der Waals surface area contributed by atoms with Gasteiger partial charge in [0.1, 0.15) is 11.5 Å². The zero-order valence-electron chi connectivity index (χ0n) is 15.4. The number of ether oxygens (including phenoxy) is 3. The Hall–Kier alpha value is -3.02. The van der Waals surface area contributed by atoms with Crippen molar-refractivity contribution >= 4 is 11.9 Å². The van der Waals surface area contributed by atoms with Crippen LogP contribution in [0.25, 0.3) is 0 Å². The number of rotatable bonds is 8. The molecule has 1 aliphatic rings. The molecule has 1 N–H and O–H groups in total. The highest BCUT2D eigenvalue weighted by molar-refractivity contribution is 5.86. The van der Waals surface area contributed by atoms with Gasteiger partial charge in [-0.3, -0.25) is 4.79 Å². The lowest BCUT2D eigenvalue weighted by atomic mass is 10.1.